The third-order valence-electron chi connectivity index (χ3n) is 2.81. The molecule has 1 aromatic rings. The Morgan fingerprint density at radius 1 is 1.32 bits per heavy atom. The van der Waals surface area contributed by atoms with Crippen LogP contribution in [0.4, 0.5) is 13.2 Å². The number of carbonyl (C=O) groups is 2. The molecule has 0 fully saturated rings. The number of unbranched alkanes of at least 4 members (excludes halogenated alkanes) is 1. The Kier molecular flexibility index (Phi) is 6.21. The Morgan fingerprint density at radius 2 is 1.95 bits per heavy atom. The zero-order valence-electron chi connectivity index (χ0n) is 11.8. The number of ether oxygens (including phenoxy) is 1. The fraction of sp³-hybridized carbons (Fsp3) is 0.429. The molecule has 8 heteroatoms. The van der Waals surface area contributed by atoms with Crippen molar-refractivity contribution in [3.63, 3.8) is 0 Å². The summed E-state index contributed by atoms with van der Waals surface area (Å²) in [7, 11) is 0. The number of hydrogen-bond acceptors (Lipinski definition) is 3. The molecule has 1 rings (SSSR count). The Balaban J connectivity index is 2.90. The summed E-state index contributed by atoms with van der Waals surface area (Å²) < 4.78 is 40.7. The van der Waals surface area contributed by atoms with Gasteiger partial charge in [-0.15, -0.1) is 13.2 Å². The number of alkyl halides is 3. The van der Waals surface area contributed by atoms with Crippen LogP contribution in [0.3, 0.4) is 0 Å². The quantitative estimate of drug-likeness (QED) is 0.810. The lowest BCUT2D eigenvalue weighted by Crippen LogP contribution is -2.41. The molecule has 1 atom stereocenters. The van der Waals surface area contributed by atoms with Gasteiger partial charge in [-0.05, 0) is 18.6 Å². The minimum absolute atomic E-state index is 0.194. The molecule has 2 N–H and O–H groups in total. The van der Waals surface area contributed by atoms with Crippen LogP contribution in [0.5, 0.6) is 5.75 Å². The van der Waals surface area contributed by atoms with E-state index in [1.165, 1.54) is 12.1 Å². The number of nitrogens with one attached hydrogen (secondary N) is 1. The van der Waals surface area contributed by atoms with Gasteiger partial charge in [-0.1, -0.05) is 31.9 Å². The van der Waals surface area contributed by atoms with Crippen molar-refractivity contribution in [3.05, 3.63) is 29.8 Å². The third kappa shape index (κ3) is 5.63. The van der Waals surface area contributed by atoms with E-state index < -0.39 is 30.0 Å². The van der Waals surface area contributed by atoms with Crippen LogP contribution in [0, 0.1) is 0 Å². The molecule has 0 unspecified atom stereocenters. The van der Waals surface area contributed by atoms with Crippen LogP contribution in [0.2, 0.25) is 0 Å². The van der Waals surface area contributed by atoms with E-state index in [2.05, 4.69) is 10.1 Å². The second-order valence-electron chi connectivity index (χ2n) is 4.55. The summed E-state index contributed by atoms with van der Waals surface area (Å²) in [6.07, 6.45) is -3.45. The Bertz CT molecular complexity index is 531. The molecular weight excluding hydrogens is 303 g/mol. The number of para-hydroxylation sites is 1. The molecule has 1 aromatic carbocycles. The Labute approximate surface area is 125 Å². The fourth-order valence-corrected chi connectivity index (χ4v) is 1.77. The highest BCUT2D eigenvalue weighted by atomic mass is 19.4. The van der Waals surface area contributed by atoms with Gasteiger partial charge < -0.3 is 15.2 Å². The molecule has 0 aromatic heterocycles. The molecule has 0 radical (unpaired) electrons. The minimum Gasteiger partial charge on any atom is -0.480 e. The fourth-order valence-electron chi connectivity index (χ4n) is 1.77. The maximum atomic E-state index is 12.3. The largest absolute Gasteiger partial charge is 0.573 e. The topological polar surface area (TPSA) is 75.6 Å². The van der Waals surface area contributed by atoms with E-state index in [-0.39, 0.29) is 12.0 Å². The molecule has 0 saturated heterocycles. The second-order valence-corrected chi connectivity index (χ2v) is 4.55. The van der Waals surface area contributed by atoms with Gasteiger partial charge in [-0.3, -0.25) is 4.79 Å². The molecule has 0 aliphatic heterocycles. The summed E-state index contributed by atoms with van der Waals surface area (Å²) in [4.78, 5) is 23.1. The first kappa shape index (κ1) is 17.8. The van der Waals surface area contributed by atoms with E-state index in [1.807, 2.05) is 6.92 Å². The van der Waals surface area contributed by atoms with Crippen molar-refractivity contribution in [1.82, 2.24) is 5.32 Å². The third-order valence-corrected chi connectivity index (χ3v) is 2.81. The van der Waals surface area contributed by atoms with E-state index in [1.54, 1.807) is 0 Å². The zero-order chi connectivity index (χ0) is 16.8. The van der Waals surface area contributed by atoms with Gasteiger partial charge in [0.2, 0.25) is 0 Å². The van der Waals surface area contributed by atoms with Crippen LogP contribution in [-0.2, 0) is 4.79 Å². The van der Waals surface area contributed by atoms with Crippen LogP contribution >= 0.6 is 0 Å². The first-order valence-electron chi connectivity index (χ1n) is 6.63. The monoisotopic (exact) mass is 319 g/mol. The van der Waals surface area contributed by atoms with Gasteiger partial charge in [0.25, 0.3) is 5.91 Å². The van der Waals surface area contributed by atoms with E-state index in [0.29, 0.717) is 6.42 Å². The predicted molar refractivity (Wildman–Crippen MR) is 71.5 cm³/mol. The van der Waals surface area contributed by atoms with Crippen molar-refractivity contribution in [2.24, 2.45) is 0 Å². The number of carboxylic acids is 1. The molecule has 0 bridgehead atoms. The predicted octanol–water partition coefficient (Wildman–Crippen LogP) is 2.96. The van der Waals surface area contributed by atoms with Gasteiger partial charge in [0, 0.05) is 0 Å². The van der Waals surface area contributed by atoms with Crippen molar-refractivity contribution in [1.29, 1.82) is 0 Å². The second kappa shape index (κ2) is 7.67. The highest BCUT2D eigenvalue weighted by molar-refractivity contribution is 5.98. The molecule has 0 aliphatic carbocycles. The zero-order valence-corrected chi connectivity index (χ0v) is 11.8. The highest BCUT2D eigenvalue weighted by Crippen LogP contribution is 2.26. The lowest BCUT2D eigenvalue weighted by atomic mass is 10.1. The van der Waals surface area contributed by atoms with Gasteiger partial charge >= 0.3 is 12.3 Å². The number of carbonyl (C=O) groups excluding carboxylic acids is 1. The van der Waals surface area contributed by atoms with E-state index in [4.69, 9.17) is 5.11 Å². The molecular formula is C14H16F3NO4. The molecule has 0 aliphatic rings. The summed E-state index contributed by atoms with van der Waals surface area (Å²) in [5, 5.41) is 11.2. The maximum Gasteiger partial charge on any atom is 0.573 e. The van der Waals surface area contributed by atoms with Crippen molar-refractivity contribution >= 4 is 11.9 Å². The number of carboxylic acid groups (broad SMARTS) is 1. The number of benzene rings is 1. The minimum atomic E-state index is -4.94. The van der Waals surface area contributed by atoms with Crippen molar-refractivity contribution in [3.8, 4) is 5.75 Å². The average molecular weight is 319 g/mol. The normalized spacial score (nSPS) is 12.5. The molecule has 122 valence electrons. The number of aliphatic carboxylic acids is 1. The van der Waals surface area contributed by atoms with Gasteiger partial charge in [-0.25, -0.2) is 4.79 Å². The van der Waals surface area contributed by atoms with E-state index in [0.717, 1.165) is 18.6 Å². The van der Waals surface area contributed by atoms with Gasteiger partial charge in [0.05, 0.1) is 5.56 Å². The van der Waals surface area contributed by atoms with Crippen LogP contribution in [0.15, 0.2) is 24.3 Å². The number of hydrogen-bond donors (Lipinski definition) is 2. The standard InChI is InChI=1S/C14H16F3NO4/c1-2-3-7-10(13(20)21)18-12(19)9-6-4-5-8-11(9)22-14(15,16)17/h4-6,8,10H,2-3,7H2,1H3,(H,18,19)(H,20,21)/t10-/m0/s1. The summed E-state index contributed by atoms with van der Waals surface area (Å²) in [5.41, 5.74) is -0.373. The molecule has 0 heterocycles. The molecule has 22 heavy (non-hydrogen) atoms. The smallest absolute Gasteiger partial charge is 0.480 e. The van der Waals surface area contributed by atoms with Gasteiger partial charge in [0.1, 0.15) is 11.8 Å². The number of rotatable bonds is 7. The summed E-state index contributed by atoms with van der Waals surface area (Å²) in [5.74, 6) is -2.84. The van der Waals surface area contributed by atoms with Crippen LogP contribution < -0.4 is 10.1 Å². The summed E-state index contributed by atoms with van der Waals surface area (Å²) in [6, 6.07) is 3.61. The summed E-state index contributed by atoms with van der Waals surface area (Å²) in [6.45, 7) is 1.85. The highest BCUT2D eigenvalue weighted by Gasteiger charge is 2.33. The van der Waals surface area contributed by atoms with Gasteiger partial charge in [0.15, 0.2) is 0 Å². The Hall–Kier alpha value is -2.25. The first-order valence-corrected chi connectivity index (χ1v) is 6.63. The molecule has 0 spiro atoms. The molecule has 5 nitrogen and oxygen atoms in total. The molecule has 1 amide bonds. The van der Waals surface area contributed by atoms with Gasteiger partial charge in [-0.2, -0.15) is 0 Å². The van der Waals surface area contributed by atoms with E-state index in [9.17, 15) is 22.8 Å². The maximum absolute atomic E-state index is 12.3. The number of halogens is 3. The average Bonchev–Trinajstić information content (AvgIpc) is 2.41. The van der Waals surface area contributed by atoms with Crippen LogP contribution in [0.25, 0.3) is 0 Å². The Morgan fingerprint density at radius 3 is 2.50 bits per heavy atom. The SMILES string of the molecule is CCCC[C@H](NC(=O)c1ccccc1OC(F)(F)F)C(=O)O. The lowest BCUT2D eigenvalue weighted by Gasteiger charge is -2.16. The lowest BCUT2D eigenvalue weighted by molar-refractivity contribution is -0.274. The number of amides is 1. The first-order chi connectivity index (χ1) is 10.2. The summed E-state index contributed by atoms with van der Waals surface area (Å²) >= 11 is 0. The van der Waals surface area contributed by atoms with Crippen molar-refractivity contribution < 1.29 is 32.6 Å². The van der Waals surface area contributed by atoms with Crippen LogP contribution in [-0.4, -0.2) is 29.4 Å². The van der Waals surface area contributed by atoms with Crippen molar-refractivity contribution in [2.75, 3.05) is 0 Å². The van der Waals surface area contributed by atoms with Crippen molar-refractivity contribution in [2.45, 2.75) is 38.6 Å². The molecule has 0 saturated carbocycles. The van der Waals surface area contributed by atoms with E-state index >= 15 is 0 Å². The van der Waals surface area contributed by atoms with Crippen LogP contribution in [0.1, 0.15) is 36.5 Å².